The fourth-order valence-electron chi connectivity index (χ4n) is 2.89. The molecule has 0 aliphatic carbocycles. The van der Waals surface area contributed by atoms with E-state index < -0.39 is 0 Å². The van der Waals surface area contributed by atoms with E-state index in [1.54, 1.807) is 11.3 Å². The van der Waals surface area contributed by atoms with E-state index in [-0.39, 0.29) is 0 Å². The van der Waals surface area contributed by atoms with Crippen LogP contribution in [-0.4, -0.2) is 36.1 Å². The number of hydrogen-bond donors (Lipinski definition) is 0. The number of hydrogen-bond acceptors (Lipinski definition) is 5. The van der Waals surface area contributed by atoms with E-state index in [1.807, 2.05) is 29.9 Å². The van der Waals surface area contributed by atoms with Crippen molar-refractivity contribution in [3.63, 3.8) is 0 Å². The molecule has 4 nitrogen and oxygen atoms in total. The zero-order valence-electron chi connectivity index (χ0n) is 11.9. The van der Waals surface area contributed by atoms with Crippen LogP contribution in [-0.2, 0) is 0 Å². The number of thiazole rings is 1. The van der Waals surface area contributed by atoms with Crippen LogP contribution >= 0.6 is 22.9 Å². The minimum absolute atomic E-state index is 0.728. The lowest BCUT2D eigenvalue weighted by Gasteiger charge is -2.36. The lowest BCUT2D eigenvalue weighted by atomic mass is 10.1. The van der Waals surface area contributed by atoms with Crippen LogP contribution in [0.15, 0.2) is 42.0 Å². The number of aromatic nitrogens is 2. The molecule has 1 aliphatic rings. The maximum Gasteiger partial charge on any atom is 0.185 e. The van der Waals surface area contributed by atoms with Gasteiger partial charge in [0.05, 0.1) is 5.52 Å². The highest BCUT2D eigenvalue weighted by Gasteiger charge is 2.20. The van der Waals surface area contributed by atoms with Gasteiger partial charge in [-0.15, -0.1) is 11.3 Å². The number of fused-ring (bicyclic) bond motifs is 1. The van der Waals surface area contributed by atoms with Crippen molar-refractivity contribution >= 4 is 44.7 Å². The summed E-state index contributed by atoms with van der Waals surface area (Å²) in [5.74, 6) is 0. The molecule has 4 rings (SSSR count). The first kappa shape index (κ1) is 13.8. The second-order valence-corrected chi connectivity index (χ2v) is 6.59. The number of halogens is 1. The largest absolute Gasteiger partial charge is 0.367 e. The maximum absolute atomic E-state index is 6.07. The molecule has 1 saturated heterocycles. The minimum Gasteiger partial charge on any atom is -0.367 e. The van der Waals surface area contributed by atoms with Gasteiger partial charge in [-0.3, -0.25) is 4.98 Å². The molecule has 22 heavy (non-hydrogen) atoms. The summed E-state index contributed by atoms with van der Waals surface area (Å²) in [4.78, 5) is 13.6. The molecule has 1 aliphatic heterocycles. The molecule has 2 aromatic heterocycles. The molecule has 0 unspecified atom stereocenters. The predicted molar refractivity (Wildman–Crippen MR) is 93.3 cm³/mol. The zero-order valence-corrected chi connectivity index (χ0v) is 13.5. The Balaban J connectivity index is 1.59. The first-order valence-electron chi connectivity index (χ1n) is 7.25. The number of rotatable bonds is 2. The van der Waals surface area contributed by atoms with Crippen molar-refractivity contribution in [2.75, 3.05) is 36.0 Å². The van der Waals surface area contributed by atoms with Crippen molar-refractivity contribution < 1.29 is 0 Å². The molecule has 0 spiro atoms. The van der Waals surface area contributed by atoms with Crippen LogP contribution in [0.1, 0.15) is 0 Å². The Morgan fingerprint density at radius 3 is 2.55 bits per heavy atom. The standard InChI is InChI=1S/C16H15ClN4S/c17-12-1-2-13-14(11-12)18-4-3-15(13)20-6-8-21(9-7-20)16-19-5-10-22-16/h1-5,10-11H,6-9H2. The third kappa shape index (κ3) is 2.51. The van der Waals surface area contributed by atoms with Crippen molar-refractivity contribution in [2.45, 2.75) is 0 Å². The monoisotopic (exact) mass is 330 g/mol. The Morgan fingerprint density at radius 2 is 1.77 bits per heavy atom. The van der Waals surface area contributed by atoms with E-state index in [0.717, 1.165) is 47.2 Å². The van der Waals surface area contributed by atoms with E-state index in [2.05, 4.69) is 31.9 Å². The van der Waals surface area contributed by atoms with Crippen LogP contribution in [0.2, 0.25) is 5.02 Å². The summed E-state index contributed by atoms with van der Waals surface area (Å²) in [7, 11) is 0. The van der Waals surface area contributed by atoms with E-state index in [9.17, 15) is 0 Å². The summed E-state index contributed by atoms with van der Waals surface area (Å²) >= 11 is 7.77. The summed E-state index contributed by atoms with van der Waals surface area (Å²) in [6.45, 7) is 3.96. The Hall–Kier alpha value is -1.85. The second kappa shape index (κ2) is 5.74. The van der Waals surface area contributed by atoms with E-state index in [4.69, 9.17) is 11.6 Å². The lowest BCUT2D eigenvalue weighted by Crippen LogP contribution is -2.46. The average molecular weight is 331 g/mol. The van der Waals surface area contributed by atoms with E-state index >= 15 is 0 Å². The highest BCUT2D eigenvalue weighted by molar-refractivity contribution is 7.13. The van der Waals surface area contributed by atoms with Gasteiger partial charge in [0.15, 0.2) is 5.13 Å². The van der Waals surface area contributed by atoms with Crippen LogP contribution in [0.4, 0.5) is 10.8 Å². The summed E-state index contributed by atoms with van der Waals surface area (Å²) in [6, 6.07) is 8.01. The summed E-state index contributed by atoms with van der Waals surface area (Å²) in [5.41, 5.74) is 2.19. The number of nitrogens with zero attached hydrogens (tertiary/aromatic N) is 4. The van der Waals surface area contributed by atoms with Gasteiger partial charge in [0.25, 0.3) is 0 Å². The first-order valence-corrected chi connectivity index (χ1v) is 8.51. The third-order valence-corrected chi connectivity index (χ3v) is 5.06. The number of anilines is 2. The quantitative estimate of drug-likeness (QED) is 0.717. The van der Waals surface area contributed by atoms with Gasteiger partial charge in [-0.25, -0.2) is 4.98 Å². The molecule has 1 aromatic carbocycles. The topological polar surface area (TPSA) is 32.3 Å². The molecule has 0 N–H and O–H groups in total. The maximum atomic E-state index is 6.07. The molecule has 0 bridgehead atoms. The van der Waals surface area contributed by atoms with Crippen LogP contribution in [0.25, 0.3) is 10.9 Å². The summed E-state index contributed by atoms with van der Waals surface area (Å²) < 4.78 is 0. The highest BCUT2D eigenvalue weighted by atomic mass is 35.5. The Kier molecular flexibility index (Phi) is 3.60. The van der Waals surface area contributed by atoms with Gasteiger partial charge in [-0.05, 0) is 24.3 Å². The molecule has 1 fully saturated rings. The smallest absolute Gasteiger partial charge is 0.185 e. The van der Waals surface area contributed by atoms with Crippen molar-refractivity contribution in [1.82, 2.24) is 9.97 Å². The van der Waals surface area contributed by atoms with Gasteiger partial charge in [-0.1, -0.05) is 11.6 Å². The minimum atomic E-state index is 0.728. The lowest BCUT2D eigenvalue weighted by molar-refractivity contribution is 0.653. The second-order valence-electron chi connectivity index (χ2n) is 5.28. The highest BCUT2D eigenvalue weighted by Crippen LogP contribution is 2.29. The third-order valence-electron chi connectivity index (χ3n) is 3.99. The predicted octanol–water partition coefficient (Wildman–Crippen LogP) is 3.67. The van der Waals surface area contributed by atoms with Gasteiger partial charge < -0.3 is 9.80 Å². The van der Waals surface area contributed by atoms with Gasteiger partial charge in [0.2, 0.25) is 0 Å². The number of benzene rings is 1. The Labute approximate surface area is 138 Å². The molecule has 112 valence electrons. The van der Waals surface area contributed by atoms with Gasteiger partial charge in [0, 0.05) is 60.0 Å². The average Bonchev–Trinajstić information content (AvgIpc) is 3.09. The zero-order chi connectivity index (χ0) is 14.9. The molecule has 3 heterocycles. The fraction of sp³-hybridized carbons (Fsp3) is 0.250. The normalized spacial score (nSPS) is 15.5. The van der Waals surface area contributed by atoms with Gasteiger partial charge >= 0.3 is 0 Å². The molecule has 0 radical (unpaired) electrons. The summed E-state index contributed by atoms with van der Waals surface area (Å²) in [5, 5.41) is 5.04. The molecule has 6 heteroatoms. The Bertz CT molecular complexity index is 782. The molecular weight excluding hydrogens is 316 g/mol. The molecule has 0 saturated carbocycles. The molecule has 3 aromatic rings. The van der Waals surface area contributed by atoms with Crippen LogP contribution < -0.4 is 9.80 Å². The van der Waals surface area contributed by atoms with Crippen molar-refractivity contribution in [1.29, 1.82) is 0 Å². The molecule has 0 amide bonds. The number of pyridine rings is 1. The van der Waals surface area contributed by atoms with Crippen molar-refractivity contribution in [3.8, 4) is 0 Å². The Morgan fingerprint density at radius 1 is 0.955 bits per heavy atom. The van der Waals surface area contributed by atoms with Gasteiger partial charge in [-0.2, -0.15) is 0 Å². The van der Waals surface area contributed by atoms with E-state index in [1.165, 1.54) is 5.69 Å². The number of piperazine rings is 1. The first-order chi connectivity index (χ1) is 10.8. The summed E-state index contributed by atoms with van der Waals surface area (Å²) in [6.07, 6.45) is 3.73. The SMILES string of the molecule is Clc1ccc2c(N3CCN(c4nccs4)CC3)ccnc2c1. The van der Waals surface area contributed by atoms with Crippen LogP contribution in [0.5, 0.6) is 0 Å². The molecular formula is C16H15ClN4S. The van der Waals surface area contributed by atoms with Crippen molar-refractivity contribution in [2.24, 2.45) is 0 Å². The molecule has 0 atom stereocenters. The van der Waals surface area contributed by atoms with E-state index in [0.29, 0.717) is 0 Å². The van der Waals surface area contributed by atoms with Crippen molar-refractivity contribution in [3.05, 3.63) is 47.1 Å². The van der Waals surface area contributed by atoms with Crippen LogP contribution in [0.3, 0.4) is 0 Å². The van der Waals surface area contributed by atoms with Crippen LogP contribution in [0, 0.1) is 0 Å². The fourth-order valence-corrected chi connectivity index (χ4v) is 3.76. The van der Waals surface area contributed by atoms with Gasteiger partial charge in [0.1, 0.15) is 0 Å².